The second-order valence-corrected chi connectivity index (χ2v) is 11.8. The third-order valence-corrected chi connectivity index (χ3v) is 8.33. The molecule has 0 radical (unpaired) electrons. The van der Waals surface area contributed by atoms with Crippen LogP contribution in [0.25, 0.3) is 0 Å². The number of nitrogens with zero attached hydrogens (tertiary/aromatic N) is 2. The topological polar surface area (TPSA) is 105 Å². The van der Waals surface area contributed by atoms with Crippen LogP contribution in [0.3, 0.4) is 0 Å². The maximum Gasteiger partial charge on any atom is 0.264 e. The van der Waals surface area contributed by atoms with Gasteiger partial charge < -0.3 is 19.7 Å². The third kappa shape index (κ3) is 7.79. The van der Waals surface area contributed by atoms with Crippen LogP contribution in [0, 0.1) is 6.92 Å². The van der Waals surface area contributed by atoms with Crippen LogP contribution in [0.15, 0.2) is 77.7 Å². The summed E-state index contributed by atoms with van der Waals surface area (Å²) in [7, 11) is -1.35. The van der Waals surface area contributed by atoms with E-state index < -0.39 is 28.5 Å². The summed E-state index contributed by atoms with van der Waals surface area (Å²) in [6, 6.07) is 19.3. The first kappa shape index (κ1) is 31.5. The molecule has 0 aromatic heterocycles. The first-order valence-corrected chi connectivity index (χ1v) is 14.9. The van der Waals surface area contributed by atoms with E-state index in [2.05, 4.69) is 5.32 Å². The molecule has 0 saturated carbocycles. The molecule has 3 aromatic rings. The molecule has 0 aliphatic heterocycles. The van der Waals surface area contributed by atoms with Gasteiger partial charge in [0.15, 0.2) is 0 Å². The van der Waals surface area contributed by atoms with Gasteiger partial charge in [0.1, 0.15) is 24.1 Å². The van der Waals surface area contributed by atoms with E-state index in [1.165, 1.54) is 37.3 Å². The first-order valence-electron chi connectivity index (χ1n) is 13.5. The summed E-state index contributed by atoms with van der Waals surface area (Å²) in [6.45, 7) is 7.03. The molecular weight excluding hydrogens is 542 g/mol. The molecule has 3 rings (SSSR count). The summed E-state index contributed by atoms with van der Waals surface area (Å²) in [5, 5.41) is 2.90. The Morgan fingerprint density at radius 3 is 2.15 bits per heavy atom. The van der Waals surface area contributed by atoms with Crippen molar-refractivity contribution in [1.82, 2.24) is 10.2 Å². The highest BCUT2D eigenvalue weighted by molar-refractivity contribution is 7.92. The summed E-state index contributed by atoms with van der Waals surface area (Å²) in [4.78, 5) is 28.9. The lowest BCUT2D eigenvalue weighted by Gasteiger charge is -2.34. The van der Waals surface area contributed by atoms with Crippen molar-refractivity contribution in [3.63, 3.8) is 0 Å². The van der Waals surface area contributed by atoms with E-state index in [4.69, 9.17) is 9.47 Å². The fourth-order valence-corrected chi connectivity index (χ4v) is 5.85. The maximum absolute atomic E-state index is 14.2. The molecule has 0 aliphatic carbocycles. The smallest absolute Gasteiger partial charge is 0.264 e. The van der Waals surface area contributed by atoms with Crippen molar-refractivity contribution in [3.05, 3.63) is 83.9 Å². The standard InChI is InChI=1S/C31H39N3O6S/c1-7-27(31(36)32-22(2)3)33(20-24-15-13-23(4)14-16-24)30(35)21-34(41(37,38)26-11-9-8-10-12-26)28-19-25(39-5)17-18-29(28)40-6/h8-19,22,27H,7,20-21H2,1-6H3,(H,32,36)/t27-/m1/s1. The molecule has 0 aliphatic rings. The monoisotopic (exact) mass is 581 g/mol. The Morgan fingerprint density at radius 2 is 1.59 bits per heavy atom. The lowest BCUT2D eigenvalue weighted by molar-refractivity contribution is -0.140. The summed E-state index contributed by atoms with van der Waals surface area (Å²) in [5.74, 6) is -0.214. The predicted octanol–water partition coefficient (Wildman–Crippen LogP) is 4.54. The SMILES string of the molecule is CC[C@H](C(=O)NC(C)C)N(Cc1ccc(C)cc1)C(=O)CN(c1cc(OC)ccc1OC)S(=O)(=O)c1ccccc1. The fourth-order valence-electron chi connectivity index (χ4n) is 4.42. The number of carbonyl (C=O) groups is 2. The largest absolute Gasteiger partial charge is 0.497 e. The molecule has 1 N–H and O–H groups in total. The van der Waals surface area contributed by atoms with Crippen LogP contribution < -0.4 is 19.1 Å². The van der Waals surface area contributed by atoms with Gasteiger partial charge in [-0.2, -0.15) is 0 Å². The van der Waals surface area contributed by atoms with Gasteiger partial charge in [0.05, 0.1) is 24.8 Å². The fraction of sp³-hybridized carbons (Fsp3) is 0.355. The van der Waals surface area contributed by atoms with Crippen molar-refractivity contribution >= 4 is 27.5 Å². The highest BCUT2D eigenvalue weighted by Crippen LogP contribution is 2.36. The molecule has 1 atom stereocenters. The van der Waals surface area contributed by atoms with Crippen molar-refractivity contribution in [1.29, 1.82) is 0 Å². The maximum atomic E-state index is 14.2. The van der Waals surface area contributed by atoms with E-state index >= 15 is 0 Å². The van der Waals surface area contributed by atoms with Gasteiger partial charge in [-0.05, 0) is 57.0 Å². The van der Waals surface area contributed by atoms with E-state index in [0.717, 1.165) is 15.4 Å². The number of nitrogens with one attached hydrogen (secondary N) is 1. The molecule has 220 valence electrons. The number of rotatable bonds is 13. The van der Waals surface area contributed by atoms with Gasteiger partial charge in [0.2, 0.25) is 11.8 Å². The summed E-state index contributed by atoms with van der Waals surface area (Å²) in [5.41, 5.74) is 2.01. The highest BCUT2D eigenvalue weighted by Gasteiger charge is 2.35. The Kier molecular flexibility index (Phi) is 10.8. The molecule has 2 amide bonds. The van der Waals surface area contributed by atoms with Crippen LogP contribution in [0.4, 0.5) is 5.69 Å². The molecule has 0 spiro atoms. The number of methoxy groups -OCH3 is 2. The van der Waals surface area contributed by atoms with Crippen molar-refractivity contribution in [3.8, 4) is 11.5 Å². The molecule has 0 fully saturated rings. The zero-order valence-electron chi connectivity index (χ0n) is 24.5. The molecule has 0 bridgehead atoms. The quantitative estimate of drug-likeness (QED) is 0.318. The lowest BCUT2D eigenvalue weighted by atomic mass is 10.1. The van der Waals surface area contributed by atoms with Gasteiger partial charge in [-0.25, -0.2) is 8.42 Å². The van der Waals surface area contributed by atoms with Gasteiger partial charge in [0, 0.05) is 18.7 Å². The Balaban J connectivity index is 2.13. The summed E-state index contributed by atoms with van der Waals surface area (Å²) >= 11 is 0. The average Bonchev–Trinajstić information content (AvgIpc) is 2.96. The molecular formula is C31H39N3O6S. The van der Waals surface area contributed by atoms with Crippen LogP contribution >= 0.6 is 0 Å². The number of amides is 2. The molecule has 41 heavy (non-hydrogen) atoms. The second kappa shape index (κ2) is 14.0. The van der Waals surface area contributed by atoms with E-state index in [9.17, 15) is 18.0 Å². The molecule has 9 nitrogen and oxygen atoms in total. The molecule has 0 unspecified atom stereocenters. The van der Waals surface area contributed by atoms with Crippen molar-refractivity contribution in [2.75, 3.05) is 25.1 Å². The van der Waals surface area contributed by atoms with E-state index in [0.29, 0.717) is 12.2 Å². The number of anilines is 1. The second-order valence-electron chi connectivity index (χ2n) is 9.96. The molecule has 0 saturated heterocycles. The van der Waals surface area contributed by atoms with Crippen LogP contribution in [0.2, 0.25) is 0 Å². The number of carbonyl (C=O) groups excluding carboxylic acids is 2. The van der Waals surface area contributed by atoms with Crippen molar-refractivity contribution in [2.24, 2.45) is 0 Å². The van der Waals surface area contributed by atoms with E-state index in [-0.39, 0.29) is 34.8 Å². The first-order chi connectivity index (χ1) is 19.5. The summed E-state index contributed by atoms with van der Waals surface area (Å²) < 4.78 is 40.0. The van der Waals surface area contributed by atoms with Gasteiger partial charge in [-0.1, -0.05) is 55.0 Å². The Hall–Kier alpha value is -4.05. The molecule has 3 aromatic carbocycles. The van der Waals surface area contributed by atoms with Gasteiger partial charge in [-0.15, -0.1) is 0 Å². The Morgan fingerprint density at radius 1 is 0.927 bits per heavy atom. The zero-order valence-corrected chi connectivity index (χ0v) is 25.3. The van der Waals surface area contributed by atoms with E-state index in [1.807, 2.05) is 52.0 Å². The lowest BCUT2D eigenvalue weighted by Crippen LogP contribution is -2.53. The number of sulfonamides is 1. The minimum atomic E-state index is -4.24. The van der Waals surface area contributed by atoms with Crippen LogP contribution in [0.1, 0.15) is 38.3 Å². The zero-order chi connectivity index (χ0) is 30.2. The molecule has 0 heterocycles. The predicted molar refractivity (Wildman–Crippen MR) is 160 cm³/mol. The number of ether oxygens (including phenoxy) is 2. The van der Waals surface area contributed by atoms with E-state index in [1.54, 1.807) is 30.3 Å². The van der Waals surface area contributed by atoms with Crippen molar-refractivity contribution < 1.29 is 27.5 Å². The normalized spacial score (nSPS) is 12.0. The third-order valence-electron chi connectivity index (χ3n) is 6.56. The highest BCUT2D eigenvalue weighted by atomic mass is 32.2. The van der Waals surface area contributed by atoms with Crippen molar-refractivity contribution in [2.45, 2.75) is 57.6 Å². The molecule has 10 heteroatoms. The van der Waals surface area contributed by atoms with Gasteiger partial charge in [0.25, 0.3) is 10.0 Å². The number of hydrogen-bond acceptors (Lipinski definition) is 6. The van der Waals surface area contributed by atoms with Crippen LogP contribution in [-0.2, 0) is 26.2 Å². The minimum absolute atomic E-state index is 0.00681. The number of hydrogen-bond donors (Lipinski definition) is 1. The Bertz CT molecular complexity index is 1430. The average molecular weight is 582 g/mol. The van der Waals surface area contributed by atoms with Gasteiger partial charge >= 0.3 is 0 Å². The van der Waals surface area contributed by atoms with Crippen LogP contribution in [0.5, 0.6) is 11.5 Å². The summed E-state index contributed by atoms with van der Waals surface area (Å²) in [6.07, 6.45) is 0.337. The minimum Gasteiger partial charge on any atom is -0.497 e. The van der Waals surface area contributed by atoms with Crippen LogP contribution in [-0.4, -0.2) is 58.0 Å². The number of aryl methyl sites for hydroxylation is 1. The Labute approximate surface area is 243 Å². The van der Waals surface area contributed by atoms with Gasteiger partial charge in [-0.3, -0.25) is 13.9 Å². The number of benzene rings is 3.